The highest BCUT2D eigenvalue weighted by molar-refractivity contribution is 6.08. The number of carbonyl (C=O) groups excluding carboxylic acids is 2. The molecule has 2 amide bonds. The Labute approximate surface area is 123 Å². The van der Waals surface area contributed by atoms with Gasteiger partial charge in [0.15, 0.2) is 0 Å². The van der Waals surface area contributed by atoms with Crippen molar-refractivity contribution in [3.05, 3.63) is 59.7 Å². The third-order valence-corrected chi connectivity index (χ3v) is 3.66. The minimum Gasteiger partial charge on any atom is -0.320 e. The monoisotopic (exact) mass is 280 g/mol. The van der Waals surface area contributed by atoms with Crippen molar-refractivity contribution in [2.24, 2.45) is 0 Å². The predicted octanol–water partition coefficient (Wildman–Crippen LogP) is 2.85. The fourth-order valence-corrected chi connectivity index (χ4v) is 2.66. The summed E-state index contributed by atoms with van der Waals surface area (Å²) in [6.07, 6.45) is 0.823. The average molecular weight is 280 g/mol. The van der Waals surface area contributed by atoms with E-state index in [4.69, 9.17) is 0 Å². The number of rotatable bonds is 2. The number of anilines is 2. The molecule has 0 aliphatic carbocycles. The van der Waals surface area contributed by atoms with Crippen molar-refractivity contribution in [2.75, 3.05) is 16.8 Å². The zero-order valence-corrected chi connectivity index (χ0v) is 11.8. The molecule has 0 atom stereocenters. The molecule has 21 heavy (non-hydrogen) atoms. The number of para-hydroxylation sites is 1. The van der Waals surface area contributed by atoms with Crippen molar-refractivity contribution in [3.63, 3.8) is 0 Å². The number of fused-ring (bicyclic) bond motifs is 1. The molecule has 4 nitrogen and oxygen atoms in total. The second-order valence-corrected chi connectivity index (χ2v) is 5.05. The summed E-state index contributed by atoms with van der Waals surface area (Å²) < 4.78 is 0. The molecular weight excluding hydrogens is 264 g/mol. The standard InChI is InChI=1S/C17H16N2O2/c1-12(20)19-11-10-13-8-5-9-15(16(13)19)18-17(21)14-6-3-2-4-7-14/h2-9H,10-11H2,1H3,(H,18,21). The summed E-state index contributed by atoms with van der Waals surface area (Å²) in [4.78, 5) is 25.7. The molecule has 0 saturated heterocycles. The van der Waals surface area contributed by atoms with Crippen LogP contribution >= 0.6 is 0 Å². The van der Waals surface area contributed by atoms with Crippen LogP contribution in [0, 0.1) is 0 Å². The third-order valence-electron chi connectivity index (χ3n) is 3.66. The summed E-state index contributed by atoms with van der Waals surface area (Å²) in [5.41, 5.74) is 3.21. The van der Waals surface area contributed by atoms with E-state index < -0.39 is 0 Å². The van der Waals surface area contributed by atoms with Gasteiger partial charge in [0, 0.05) is 19.0 Å². The largest absolute Gasteiger partial charge is 0.320 e. The summed E-state index contributed by atoms with van der Waals surface area (Å²) in [6, 6.07) is 14.8. The molecule has 106 valence electrons. The lowest BCUT2D eigenvalue weighted by Crippen LogP contribution is -2.27. The predicted molar refractivity (Wildman–Crippen MR) is 82.6 cm³/mol. The first-order valence-electron chi connectivity index (χ1n) is 6.93. The maximum Gasteiger partial charge on any atom is 0.255 e. The number of hydrogen-bond acceptors (Lipinski definition) is 2. The Bertz CT molecular complexity index is 695. The highest BCUT2D eigenvalue weighted by Gasteiger charge is 2.25. The molecule has 1 aliphatic heterocycles. The van der Waals surface area contributed by atoms with Gasteiger partial charge in [-0.05, 0) is 30.2 Å². The molecule has 2 aromatic carbocycles. The van der Waals surface area contributed by atoms with Crippen molar-refractivity contribution in [1.29, 1.82) is 0 Å². The van der Waals surface area contributed by atoms with Crippen LogP contribution in [0.3, 0.4) is 0 Å². The number of nitrogens with zero attached hydrogens (tertiary/aromatic N) is 1. The van der Waals surface area contributed by atoms with E-state index in [0.29, 0.717) is 17.8 Å². The molecule has 2 aromatic rings. The lowest BCUT2D eigenvalue weighted by atomic mass is 10.1. The first kappa shape index (κ1) is 13.4. The Hall–Kier alpha value is -2.62. The van der Waals surface area contributed by atoms with E-state index >= 15 is 0 Å². The van der Waals surface area contributed by atoms with Crippen LogP contribution in [0.25, 0.3) is 0 Å². The van der Waals surface area contributed by atoms with Crippen molar-refractivity contribution in [1.82, 2.24) is 0 Å². The van der Waals surface area contributed by atoms with E-state index in [0.717, 1.165) is 17.7 Å². The van der Waals surface area contributed by atoms with Crippen LogP contribution in [-0.4, -0.2) is 18.4 Å². The molecule has 0 unspecified atom stereocenters. The number of carbonyl (C=O) groups is 2. The fourth-order valence-electron chi connectivity index (χ4n) is 2.66. The van der Waals surface area contributed by atoms with E-state index in [1.54, 1.807) is 24.0 Å². The summed E-state index contributed by atoms with van der Waals surface area (Å²) >= 11 is 0. The lowest BCUT2D eigenvalue weighted by Gasteiger charge is -2.19. The van der Waals surface area contributed by atoms with Crippen LogP contribution in [0.5, 0.6) is 0 Å². The van der Waals surface area contributed by atoms with Gasteiger partial charge in [0.1, 0.15) is 0 Å². The third kappa shape index (κ3) is 2.52. The van der Waals surface area contributed by atoms with Crippen LogP contribution in [0.15, 0.2) is 48.5 Å². The molecule has 0 saturated carbocycles. The smallest absolute Gasteiger partial charge is 0.255 e. The molecular formula is C17H16N2O2. The van der Waals surface area contributed by atoms with Gasteiger partial charge in [-0.15, -0.1) is 0 Å². The maximum atomic E-state index is 12.3. The molecule has 1 heterocycles. The molecule has 0 aromatic heterocycles. The highest BCUT2D eigenvalue weighted by atomic mass is 16.2. The number of benzene rings is 2. The molecule has 4 heteroatoms. The second-order valence-electron chi connectivity index (χ2n) is 5.05. The fraction of sp³-hybridized carbons (Fsp3) is 0.176. The van der Waals surface area contributed by atoms with Gasteiger partial charge < -0.3 is 10.2 Å². The Morgan fingerprint density at radius 3 is 2.52 bits per heavy atom. The maximum absolute atomic E-state index is 12.3. The van der Waals surface area contributed by atoms with E-state index in [1.807, 2.05) is 36.4 Å². The van der Waals surface area contributed by atoms with Crippen LogP contribution in [0.1, 0.15) is 22.8 Å². The minimum absolute atomic E-state index is 0.00448. The van der Waals surface area contributed by atoms with Gasteiger partial charge in [-0.3, -0.25) is 9.59 Å². The van der Waals surface area contributed by atoms with Crippen molar-refractivity contribution in [2.45, 2.75) is 13.3 Å². The Morgan fingerprint density at radius 1 is 1.05 bits per heavy atom. The van der Waals surface area contributed by atoms with Gasteiger partial charge in [-0.2, -0.15) is 0 Å². The molecule has 1 aliphatic rings. The lowest BCUT2D eigenvalue weighted by molar-refractivity contribution is -0.116. The van der Waals surface area contributed by atoms with Crippen molar-refractivity contribution >= 4 is 23.2 Å². The Morgan fingerprint density at radius 2 is 1.81 bits per heavy atom. The molecule has 1 N–H and O–H groups in total. The Kier molecular flexibility index (Phi) is 3.44. The molecule has 0 radical (unpaired) electrons. The quantitative estimate of drug-likeness (QED) is 0.919. The zero-order valence-electron chi connectivity index (χ0n) is 11.8. The van der Waals surface area contributed by atoms with Crippen molar-refractivity contribution < 1.29 is 9.59 Å². The van der Waals surface area contributed by atoms with Gasteiger partial charge in [0.05, 0.1) is 11.4 Å². The van der Waals surface area contributed by atoms with Crippen LogP contribution in [0.2, 0.25) is 0 Å². The topological polar surface area (TPSA) is 49.4 Å². The van der Waals surface area contributed by atoms with E-state index in [-0.39, 0.29) is 11.8 Å². The molecule has 0 bridgehead atoms. The summed E-state index contributed by atoms with van der Waals surface area (Å²) in [5.74, 6) is -0.172. The van der Waals surface area contributed by atoms with Gasteiger partial charge >= 0.3 is 0 Å². The number of amides is 2. The van der Waals surface area contributed by atoms with E-state index in [9.17, 15) is 9.59 Å². The SMILES string of the molecule is CC(=O)N1CCc2cccc(NC(=O)c3ccccc3)c21. The average Bonchev–Trinajstić information content (AvgIpc) is 2.93. The summed E-state index contributed by atoms with van der Waals surface area (Å²) in [5, 5.41) is 2.91. The summed E-state index contributed by atoms with van der Waals surface area (Å²) in [6.45, 7) is 2.22. The first-order valence-corrected chi connectivity index (χ1v) is 6.93. The number of hydrogen-bond donors (Lipinski definition) is 1. The Balaban J connectivity index is 1.92. The zero-order chi connectivity index (χ0) is 14.8. The van der Waals surface area contributed by atoms with Crippen LogP contribution in [-0.2, 0) is 11.2 Å². The van der Waals surface area contributed by atoms with E-state index in [2.05, 4.69) is 5.32 Å². The summed E-state index contributed by atoms with van der Waals surface area (Å²) in [7, 11) is 0. The van der Waals surface area contributed by atoms with Crippen molar-refractivity contribution in [3.8, 4) is 0 Å². The number of nitrogens with one attached hydrogen (secondary N) is 1. The second kappa shape index (κ2) is 5.40. The highest BCUT2D eigenvalue weighted by Crippen LogP contribution is 2.35. The molecule has 0 fully saturated rings. The molecule has 0 spiro atoms. The van der Waals surface area contributed by atoms with Gasteiger partial charge in [-0.25, -0.2) is 0 Å². The van der Waals surface area contributed by atoms with Gasteiger partial charge in [-0.1, -0.05) is 30.3 Å². The minimum atomic E-state index is -0.167. The van der Waals surface area contributed by atoms with Crippen LogP contribution in [0.4, 0.5) is 11.4 Å². The normalized spacial score (nSPS) is 12.9. The van der Waals surface area contributed by atoms with Crippen LogP contribution < -0.4 is 10.2 Å². The molecule has 3 rings (SSSR count). The first-order chi connectivity index (χ1) is 10.2. The van der Waals surface area contributed by atoms with Gasteiger partial charge in [0.25, 0.3) is 5.91 Å². The van der Waals surface area contributed by atoms with Gasteiger partial charge in [0.2, 0.25) is 5.91 Å². The van der Waals surface area contributed by atoms with E-state index in [1.165, 1.54) is 0 Å².